The van der Waals surface area contributed by atoms with Crippen LogP contribution in [0.15, 0.2) is 29.2 Å². The third kappa shape index (κ3) is 2.90. The topological polar surface area (TPSA) is 40.9 Å². The summed E-state index contributed by atoms with van der Waals surface area (Å²) >= 11 is 1.50. The lowest BCUT2D eigenvalue weighted by molar-refractivity contribution is 0.112. The van der Waals surface area contributed by atoms with Crippen molar-refractivity contribution in [3.63, 3.8) is 0 Å². The number of thioether (sulfide) groups is 1. The molecule has 0 N–H and O–H groups in total. The Balaban J connectivity index is 2.76. The van der Waals surface area contributed by atoms with Crippen molar-refractivity contribution in [2.24, 2.45) is 0 Å². The van der Waals surface area contributed by atoms with Crippen LogP contribution >= 0.6 is 11.8 Å². The van der Waals surface area contributed by atoms with E-state index in [4.69, 9.17) is 5.26 Å². The van der Waals surface area contributed by atoms with Crippen LogP contribution in [0.25, 0.3) is 0 Å². The maximum absolute atomic E-state index is 10.5. The lowest BCUT2D eigenvalue weighted by Crippen LogP contribution is -1.95. The van der Waals surface area contributed by atoms with Gasteiger partial charge in [-0.05, 0) is 18.6 Å². The first kappa shape index (κ1) is 10.8. The van der Waals surface area contributed by atoms with Gasteiger partial charge >= 0.3 is 0 Å². The molecule has 2 nitrogen and oxygen atoms in total. The lowest BCUT2D eigenvalue weighted by atomic mass is 10.2. The number of rotatable bonds is 4. The van der Waals surface area contributed by atoms with Crippen LogP contribution in [-0.2, 0) is 0 Å². The highest BCUT2D eigenvalue weighted by atomic mass is 32.2. The van der Waals surface area contributed by atoms with Gasteiger partial charge in [0.2, 0.25) is 0 Å². The van der Waals surface area contributed by atoms with E-state index in [1.165, 1.54) is 11.8 Å². The summed E-state index contributed by atoms with van der Waals surface area (Å²) in [6, 6.07) is 9.51. The maximum Gasteiger partial charge on any atom is 0.150 e. The van der Waals surface area contributed by atoms with Crippen LogP contribution in [0.4, 0.5) is 0 Å². The summed E-state index contributed by atoms with van der Waals surface area (Å²) in [4.78, 5) is 11.5. The molecule has 0 spiro atoms. The molecule has 0 aliphatic heterocycles. The van der Waals surface area contributed by atoms with E-state index < -0.39 is 0 Å². The molecule has 0 heterocycles. The van der Waals surface area contributed by atoms with Gasteiger partial charge < -0.3 is 0 Å². The molecule has 1 aromatic carbocycles. The predicted molar refractivity (Wildman–Crippen MR) is 57.4 cm³/mol. The molecule has 0 bridgehead atoms. The van der Waals surface area contributed by atoms with Crippen molar-refractivity contribution in [1.82, 2.24) is 0 Å². The molecule has 72 valence electrons. The molecule has 1 aromatic rings. The standard InChI is InChI=1S/C11H11NOS/c1-2-10(7-12)14-11-5-3-4-9(6-11)8-13/h3-6,8,10H,2H2,1H3. The highest BCUT2D eigenvalue weighted by Crippen LogP contribution is 2.25. The fourth-order valence-electron chi connectivity index (χ4n) is 1.03. The molecular formula is C11H11NOS. The van der Waals surface area contributed by atoms with Crippen molar-refractivity contribution in [3.8, 4) is 6.07 Å². The highest BCUT2D eigenvalue weighted by Gasteiger charge is 2.06. The molecule has 1 unspecified atom stereocenters. The van der Waals surface area contributed by atoms with Crippen molar-refractivity contribution in [1.29, 1.82) is 5.26 Å². The molecule has 0 aliphatic rings. The monoisotopic (exact) mass is 205 g/mol. The molecule has 3 heteroatoms. The number of aldehydes is 1. The summed E-state index contributed by atoms with van der Waals surface area (Å²) < 4.78 is 0. The molecule has 1 rings (SSSR count). The molecule has 0 aliphatic carbocycles. The van der Waals surface area contributed by atoms with Crippen LogP contribution in [0.2, 0.25) is 0 Å². The van der Waals surface area contributed by atoms with Gasteiger partial charge in [-0.25, -0.2) is 0 Å². The Morgan fingerprint density at radius 1 is 1.64 bits per heavy atom. The second-order valence-electron chi connectivity index (χ2n) is 2.83. The number of hydrogen-bond donors (Lipinski definition) is 0. The molecule has 0 amide bonds. The normalized spacial score (nSPS) is 11.7. The molecular weight excluding hydrogens is 194 g/mol. The van der Waals surface area contributed by atoms with Gasteiger partial charge in [-0.15, -0.1) is 11.8 Å². The molecule has 0 saturated carbocycles. The first-order chi connectivity index (χ1) is 6.80. The zero-order valence-electron chi connectivity index (χ0n) is 7.93. The third-order valence-electron chi connectivity index (χ3n) is 1.79. The average Bonchev–Trinajstić information content (AvgIpc) is 2.26. The Morgan fingerprint density at radius 2 is 2.43 bits per heavy atom. The van der Waals surface area contributed by atoms with E-state index in [2.05, 4.69) is 6.07 Å². The fraction of sp³-hybridized carbons (Fsp3) is 0.273. The van der Waals surface area contributed by atoms with Gasteiger partial charge in [0.05, 0.1) is 11.3 Å². The maximum atomic E-state index is 10.5. The zero-order chi connectivity index (χ0) is 10.4. The number of hydrogen-bond acceptors (Lipinski definition) is 3. The zero-order valence-corrected chi connectivity index (χ0v) is 8.75. The second-order valence-corrected chi connectivity index (χ2v) is 4.11. The minimum atomic E-state index is -0.0306. The summed E-state index contributed by atoms with van der Waals surface area (Å²) in [6.07, 6.45) is 1.63. The number of nitriles is 1. The van der Waals surface area contributed by atoms with Gasteiger partial charge in [0.25, 0.3) is 0 Å². The van der Waals surface area contributed by atoms with Crippen LogP contribution in [0.5, 0.6) is 0 Å². The Morgan fingerprint density at radius 3 is 3.00 bits per heavy atom. The quantitative estimate of drug-likeness (QED) is 0.560. The summed E-state index contributed by atoms with van der Waals surface area (Å²) in [6.45, 7) is 1.98. The van der Waals surface area contributed by atoms with E-state index in [1.54, 1.807) is 12.1 Å². The van der Waals surface area contributed by atoms with Gasteiger partial charge in [-0.1, -0.05) is 19.1 Å². The smallest absolute Gasteiger partial charge is 0.150 e. The van der Waals surface area contributed by atoms with Crippen LogP contribution in [0.1, 0.15) is 23.7 Å². The Hall–Kier alpha value is -1.27. The Bertz CT molecular complexity index is 357. The van der Waals surface area contributed by atoms with E-state index in [9.17, 15) is 4.79 Å². The number of carbonyl (C=O) groups is 1. The van der Waals surface area contributed by atoms with Crippen LogP contribution < -0.4 is 0 Å². The van der Waals surface area contributed by atoms with Crippen molar-refractivity contribution in [2.75, 3.05) is 0 Å². The first-order valence-corrected chi connectivity index (χ1v) is 5.29. The van der Waals surface area contributed by atoms with E-state index in [1.807, 2.05) is 19.1 Å². The van der Waals surface area contributed by atoms with Crippen LogP contribution in [0, 0.1) is 11.3 Å². The highest BCUT2D eigenvalue weighted by molar-refractivity contribution is 8.00. The molecule has 0 aromatic heterocycles. The summed E-state index contributed by atoms with van der Waals surface area (Å²) in [5.41, 5.74) is 0.655. The SMILES string of the molecule is CCC(C#N)Sc1cccc(C=O)c1. The largest absolute Gasteiger partial charge is 0.298 e. The van der Waals surface area contributed by atoms with Crippen molar-refractivity contribution >= 4 is 18.0 Å². The predicted octanol–water partition coefficient (Wildman–Crippen LogP) is 2.89. The number of carbonyl (C=O) groups excluding carboxylic acids is 1. The Kier molecular flexibility index (Phi) is 4.21. The number of benzene rings is 1. The minimum absolute atomic E-state index is 0.0306. The third-order valence-corrected chi connectivity index (χ3v) is 3.04. The van der Waals surface area contributed by atoms with Gasteiger partial charge in [0.1, 0.15) is 6.29 Å². The number of nitrogens with zero attached hydrogens (tertiary/aromatic N) is 1. The van der Waals surface area contributed by atoms with E-state index in [0.29, 0.717) is 5.56 Å². The first-order valence-electron chi connectivity index (χ1n) is 4.41. The summed E-state index contributed by atoms with van der Waals surface area (Å²) in [5, 5.41) is 8.74. The van der Waals surface area contributed by atoms with Gasteiger partial charge in [-0.3, -0.25) is 4.79 Å². The van der Waals surface area contributed by atoms with E-state index in [-0.39, 0.29) is 5.25 Å². The average molecular weight is 205 g/mol. The fourth-order valence-corrected chi connectivity index (χ4v) is 1.94. The van der Waals surface area contributed by atoms with E-state index >= 15 is 0 Å². The molecule has 0 saturated heterocycles. The van der Waals surface area contributed by atoms with Crippen LogP contribution in [0.3, 0.4) is 0 Å². The van der Waals surface area contributed by atoms with Gasteiger partial charge in [0, 0.05) is 10.5 Å². The molecule has 14 heavy (non-hydrogen) atoms. The molecule has 0 radical (unpaired) electrons. The summed E-state index contributed by atoms with van der Waals surface area (Å²) in [7, 11) is 0. The van der Waals surface area contributed by atoms with Crippen molar-refractivity contribution in [2.45, 2.75) is 23.5 Å². The molecule has 0 fully saturated rings. The summed E-state index contributed by atoms with van der Waals surface area (Å²) in [5.74, 6) is 0. The Labute approximate surface area is 87.9 Å². The minimum Gasteiger partial charge on any atom is -0.298 e. The second kappa shape index (κ2) is 5.46. The lowest BCUT2D eigenvalue weighted by Gasteiger charge is -2.05. The van der Waals surface area contributed by atoms with Gasteiger partial charge in [-0.2, -0.15) is 5.26 Å². The van der Waals surface area contributed by atoms with Crippen molar-refractivity contribution < 1.29 is 4.79 Å². The van der Waals surface area contributed by atoms with Gasteiger partial charge in [0.15, 0.2) is 0 Å². The van der Waals surface area contributed by atoms with Crippen LogP contribution in [-0.4, -0.2) is 11.5 Å². The molecule has 1 atom stereocenters. The van der Waals surface area contributed by atoms with E-state index in [0.717, 1.165) is 17.6 Å². The van der Waals surface area contributed by atoms with Crippen molar-refractivity contribution in [3.05, 3.63) is 29.8 Å².